The maximum atomic E-state index is 6.50. The third-order valence-electron chi connectivity index (χ3n) is 10.00. The van der Waals surface area contributed by atoms with E-state index >= 15 is 0 Å². The molecule has 0 bridgehead atoms. The van der Waals surface area contributed by atoms with Crippen LogP contribution in [-0.4, -0.2) is 19.1 Å². The molecule has 6 aromatic carbocycles. The van der Waals surface area contributed by atoms with Crippen molar-refractivity contribution in [2.24, 2.45) is 0 Å². The first-order chi connectivity index (χ1) is 24.3. The largest absolute Gasteiger partial charge is 0.456 e. The zero-order valence-corrected chi connectivity index (χ0v) is 26.2. The van der Waals surface area contributed by atoms with E-state index in [4.69, 9.17) is 9.40 Å². The zero-order valence-electron chi connectivity index (χ0n) is 26.2. The van der Waals surface area contributed by atoms with Crippen molar-refractivity contribution in [3.63, 3.8) is 0 Å². The van der Waals surface area contributed by atoms with Crippen molar-refractivity contribution in [2.45, 2.75) is 0 Å². The topological polar surface area (TPSA) is 48.8 Å². The quantitative estimate of drug-likeness (QED) is 0.196. The molecule has 0 N–H and O–H groups in total. The van der Waals surface area contributed by atoms with E-state index in [9.17, 15) is 0 Å². The smallest absolute Gasteiger partial charge is 0.137 e. The van der Waals surface area contributed by atoms with Gasteiger partial charge in [-0.15, -0.1) is 0 Å². The molecule has 0 aliphatic heterocycles. The highest BCUT2D eigenvalue weighted by atomic mass is 16.3. The molecular weight excluding hydrogens is 601 g/mol. The van der Waals surface area contributed by atoms with E-state index in [0.717, 1.165) is 77.5 Å². The lowest BCUT2D eigenvalue weighted by Gasteiger charge is -2.15. The molecule has 0 unspecified atom stereocenters. The summed E-state index contributed by atoms with van der Waals surface area (Å²) in [7, 11) is 0. The highest BCUT2D eigenvalue weighted by Crippen LogP contribution is 2.42. The summed E-state index contributed by atoms with van der Waals surface area (Å²) in [5.41, 5.74) is 12.4. The Labute approximate surface area is 279 Å². The number of benzene rings is 6. The van der Waals surface area contributed by atoms with Crippen molar-refractivity contribution in [2.75, 3.05) is 0 Å². The predicted octanol–water partition coefficient (Wildman–Crippen LogP) is 11.4. The summed E-state index contributed by atoms with van der Waals surface area (Å²) < 4.78 is 11.2. The maximum Gasteiger partial charge on any atom is 0.137 e. The monoisotopic (exact) mass is 626 g/mol. The molecule has 5 nitrogen and oxygen atoms in total. The molecule has 5 aromatic heterocycles. The number of furan rings is 1. The second kappa shape index (κ2) is 9.89. The molecule has 5 heteroatoms. The van der Waals surface area contributed by atoms with Crippen LogP contribution in [0, 0.1) is 0 Å². The van der Waals surface area contributed by atoms with Crippen LogP contribution in [0.25, 0.3) is 99.1 Å². The Morgan fingerprint density at radius 3 is 1.84 bits per heavy atom. The number of para-hydroxylation sites is 4. The van der Waals surface area contributed by atoms with Gasteiger partial charge in [0, 0.05) is 50.1 Å². The summed E-state index contributed by atoms with van der Waals surface area (Å²) in [6, 6.07) is 51.7. The van der Waals surface area contributed by atoms with Crippen LogP contribution in [0.3, 0.4) is 0 Å². The molecule has 0 radical (unpaired) electrons. The van der Waals surface area contributed by atoms with Crippen LogP contribution in [0.2, 0.25) is 0 Å². The number of fused-ring (bicyclic) bond motifs is 10. The highest BCUT2D eigenvalue weighted by Gasteiger charge is 2.20. The zero-order chi connectivity index (χ0) is 32.1. The van der Waals surface area contributed by atoms with Crippen LogP contribution in [-0.2, 0) is 0 Å². The Morgan fingerprint density at radius 1 is 0.429 bits per heavy atom. The van der Waals surface area contributed by atoms with Crippen molar-refractivity contribution in [1.29, 1.82) is 0 Å². The third-order valence-corrected chi connectivity index (χ3v) is 10.00. The van der Waals surface area contributed by atoms with Gasteiger partial charge in [-0.05, 0) is 60.2 Å². The summed E-state index contributed by atoms with van der Waals surface area (Å²) in [5.74, 6) is 0. The number of nitrogens with zero attached hydrogens (tertiary/aromatic N) is 4. The number of pyridine rings is 2. The lowest BCUT2D eigenvalue weighted by atomic mass is 9.98. The number of hydrogen-bond acceptors (Lipinski definition) is 3. The van der Waals surface area contributed by atoms with Gasteiger partial charge in [0.25, 0.3) is 0 Å². The van der Waals surface area contributed by atoms with E-state index in [1.54, 1.807) is 0 Å². The van der Waals surface area contributed by atoms with E-state index in [1.807, 2.05) is 36.7 Å². The van der Waals surface area contributed by atoms with Crippen LogP contribution in [0.4, 0.5) is 0 Å². The van der Waals surface area contributed by atoms with Crippen LogP contribution in [0.15, 0.2) is 162 Å². The fourth-order valence-corrected chi connectivity index (χ4v) is 7.84. The van der Waals surface area contributed by atoms with Gasteiger partial charge in [0.1, 0.15) is 11.2 Å². The molecule has 0 aliphatic rings. The molecule has 0 saturated carbocycles. The minimum atomic E-state index is 0.867. The molecule has 0 saturated heterocycles. The van der Waals surface area contributed by atoms with Gasteiger partial charge in [0.2, 0.25) is 0 Å². The first-order valence-corrected chi connectivity index (χ1v) is 16.5. The molecule has 11 aromatic rings. The molecule has 11 rings (SSSR count). The Bertz CT molecular complexity index is 3070. The Kier molecular flexibility index (Phi) is 5.32. The summed E-state index contributed by atoms with van der Waals surface area (Å²) in [6.45, 7) is 0. The van der Waals surface area contributed by atoms with E-state index in [2.05, 4.69) is 135 Å². The van der Waals surface area contributed by atoms with Gasteiger partial charge in [0.15, 0.2) is 0 Å². The molecule has 5 heterocycles. The van der Waals surface area contributed by atoms with Crippen molar-refractivity contribution >= 4 is 76.6 Å². The van der Waals surface area contributed by atoms with Crippen molar-refractivity contribution in [3.05, 3.63) is 158 Å². The SMILES string of the molecule is c1cnc2cc(-n3c4ccccc4c4ccc(-c5cc6c(cc5-n5c7ccccc7c7ccccc75)oc5ccccc56)cc43)cnc2c1. The van der Waals surface area contributed by atoms with Gasteiger partial charge in [-0.1, -0.05) is 84.9 Å². The predicted molar refractivity (Wildman–Crippen MR) is 201 cm³/mol. The third kappa shape index (κ3) is 3.75. The summed E-state index contributed by atoms with van der Waals surface area (Å²) >= 11 is 0. The first kappa shape index (κ1) is 26.4. The molecule has 0 amide bonds. The van der Waals surface area contributed by atoms with Crippen LogP contribution in [0.1, 0.15) is 0 Å². The van der Waals surface area contributed by atoms with Gasteiger partial charge in [-0.25, -0.2) is 0 Å². The average Bonchev–Trinajstić information content (AvgIpc) is 3.81. The fraction of sp³-hybridized carbons (Fsp3) is 0. The minimum absolute atomic E-state index is 0.867. The van der Waals surface area contributed by atoms with Gasteiger partial charge in [-0.2, -0.15) is 0 Å². The van der Waals surface area contributed by atoms with Crippen LogP contribution >= 0.6 is 0 Å². The van der Waals surface area contributed by atoms with Crippen molar-refractivity contribution in [1.82, 2.24) is 19.1 Å². The molecule has 0 atom stereocenters. The van der Waals surface area contributed by atoms with Crippen molar-refractivity contribution in [3.8, 4) is 22.5 Å². The maximum absolute atomic E-state index is 6.50. The van der Waals surface area contributed by atoms with E-state index in [1.165, 1.54) is 21.5 Å². The molecule has 0 fully saturated rings. The molecule has 0 aliphatic carbocycles. The minimum Gasteiger partial charge on any atom is -0.456 e. The molecule has 0 spiro atoms. The van der Waals surface area contributed by atoms with Gasteiger partial charge >= 0.3 is 0 Å². The lowest BCUT2D eigenvalue weighted by molar-refractivity contribution is 0.668. The van der Waals surface area contributed by atoms with Crippen LogP contribution < -0.4 is 0 Å². The van der Waals surface area contributed by atoms with Gasteiger partial charge in [-0.3, -0.25) is 9.97 Å². The Hall–Kier alpha value is -6.72. The van der Waals surface area contributed by atoms with E-state index < -0.39 is 0 Å². The van der Waals surface area contributed by atoms with Gasteiger partial charge < -0.3 is 13.6 Å². The summed E-state index contributed by atoms with van der Waals surface area (Å²) in [6.07, 6.45) is 3.78. The molecule has 49 heavy (non-hydrogen) atoms. The highest BCUT2D eigenvalue weighted by molar-refractivity contribution is 6.14. The Balaban J connectivity index is 1.26. The van der Waals surface area contributed by atoms with Crippen molar-refractivity contribution < 1.29 is 4.42 Å². The average molecular weight is 627 g/mol. The number of aromatic nitrogens is 4. The van der Waals surface area contributed by atoms with Gasteiger partial charge in [0.05, 0.1) is 50.7 Å². The molecular formula is C44H26N4O. The molecule has 228 valence electrons. The first-order valence-electron chi connectivity index (χ1n) is 16.5. The van der Waals surface area contributed by atoms with E-state index in [-0.39, 0.29) is 0 Å². The van der Waals surface area contributed by atoms with E-state index in [0.29, 0.717) is 0 Å². The summed E-state index contributed by atoms with van der Waals surface area (Å²) in [4.78, 5) is 9.43. The lowest BCUT2D eigenvalue weighted by Crippen LogP contribution is -1.98. The summed E-state index contributed by atoms with van der Waals surface area (Å²) in [5, 5.41) is 7.04. The number of hydrogen-bond donors (Lipinski definition) is 0. The standard InChI is InChI=1S/C44H26N4O/c1-5-15-38-31(12-1)32-20-19-27(22-41(32)47(38)28-23-37-36(46-26-28)14-9-21-45-37)34-24-35-33-13-4-8-18-43(33)49-44(35)25-42(34)48-39-16-6-2-10-29(39)30-11-3-7-17-40(30)48/h1-26H. The van der Waals surface area contributed by atoms with Crippen LogP contribution in [0.5, 0.6) is 0 Å². The normalized spacial score (nSPS) is 12.1. The second-order valence-corrected chi connectivity index (χ2v) is 12.7. The second-order valence-electron chi connectivity index (χ2n) is 12.7. The fourth-order valence-electron chi connectivity index (χ4n) is 7.84. The number of rotatable bonds is 3. The Morgan fingerprint density at radius 2 is 1.08 bits per heavy atom.